The van der Waals surface area contributed by atoms with Crippen molar-refractivity contribution in [3.05, 3.63) is 32.4 Å². The van der Waals surface area contributed by atoms with Gasteiger partial charge in [-0.3, -0.25) is 0 Å². The monoisotopic (exact) mass is 238 g/mol. The Morgan fingerprint density at radius 2 is 2.18 bits per heavy atom. The third-order valence-corrected chi connectivity index (χ3v) is 1.86. The second kappa shape index (κ2) is 3.28. The average Bonchev–Trinajstić information content (AvgIpc) is 1.85. The Balaban J connectivity index is 3.36. The fourth-order valence-electron chi connectivity index (χ4n) is 0.640. The number of hydrogen-bond acceptors (Lipinski definition) is 1. The SMILES string of the molecule is O=[NH+]c1c(F)cc(Br)cc1Cl. The minimum absolute atomic E-state index is 0.0619. The summed E-state index contributed by atoms with van der Waals surface area (Å²) in [5, 5.41) is 1.47. The number of nitrogens with one attached hydrogen (secondary N) is 1. The van der Waals surface area contributed by atoms with Gasteiger partial charge in [0, 0.05) is 14.6 Å². The van der Waals surface area contributed by atoms with Crippen LogP contribution < -0.4 is 5.18 Å². The van der Waals surface area contributed by atoms with E-state index < -0.39 is 5.82 Å². The first-order valence-electron chi connectivity index (χ1n) is 2.68. The molecule has 1 N–H and O–H groups in total. The molecule has 0 radical (unpaired) electrons. The van der Waals surface area contributed by atoms with Crippen molar-refractivity contribution in [3.8, 4) is 0 Å². The molecule has 0 unspecified atom stereocenters. The molecule has 0 fully saturated rings. The van der Waals surface area contributed by atoms with E-state index in [-0.39, 0.29) is 10.7 Å². The third kappa shape index (κ3) is 1.75. The largest absolute Gasteiger partial charge is 0.307 e. The molecule has 0 spiro atoms. The molecular weight excluding hydrogens is 236 g/mol. The van der Waals surface area contributed by atoms with Crippen LogP contribution in [0.3, 0.4) is 0 Å². The third-order valence-electron chi connectivity index (χ3n) is 1.11. The van der Waals surface area contributed by atoms with Crippen LogP contribution >= 0.6 is 27.5 Å². The standard InChI is InChI=1S/C6H2BrClFNO/c7-3-1-4(8)6(10-11)5(9)2-3/h1-2H/p+1. The molecule has 0 bridgehead atoms. The van der Waals surface area contributed by atoms with Crippen molar-refractivity contribution in [2.75, 3.05) is 0 Å². The molecule has 11 heavy (non-hydrogen) atoms. The topological polar surface area (TPSA) is 31.0 Å². The van der Waals surface area contributed by atoms with Gasteiger partial charge in [-0.25, -0.2) is 0 Å². The van der Waals surface area contributed by atoms with Crippen molar-refractivity contribution in [3.63, 3.8) is 0 Å². The maximum Gasteiger partial charge on any atom is 0.307 e. The van der Waals surface area contributed by atoms with E-state index in [0.717, 1.165) is 6.07 Å². The van der Waals surface area contributed by atoms with Crippen LogP contribution in [0.1, 0.15) is 0 Å². The van der Waals surface area contributed by atoms with E-state index in [0.29, 0.717) is 4.47 Å². The zero-order chi connectivity index (χ0) is 8.43. The Labute approximate surface area is 75.5 Å². The van der Waals surface area contributed by atoms with Crippen molar-refractivity contribution in [2.24, 2.45) is 0 Å². The first-order chi connectivity index (χ1) is 5.15. The molecule has 0 aliphatic carbocycles. The number of benzene rings is 1. The van der Waals surface area contributed by atoms with Gasteiger partial charge in [0.1, 0.15) is 5.02 Å². The van der Waals surface area contributed by atoms with Gasteiger partial charge in [0.05, 0.1) is 0 Å². The van der Waals surface area contributed by atoms with E-state index >= 15 is 0 Å². The minimum Gasteiger partial charge on any atom is -0.199 e. The normalized spacial score (nSPS) is 9.73. The summed E-state index contributed by atoms with van der Waals surface area (Å²) in [4.78, 5) is 10.1. The molecule has 0 saturated carbocycles. The molecule has 58 valence electrons. The fraction of sp³-hybridized carbons (Fsp3) is 0. The second-order valence-electron chi connectivity index (χ2n) is 1.85. The summed E-state index contributed by atoms with van der Waals surface area (Å²) < 4.78 is 13.2. The average molecular weight is 239 g/mol. The molecule has 0 aliphatic rings. The Morgan fingerprint density at radius 3 is 2.64 bits per heavy atom. The van der Waals surface area contributed by atoms with E-state index in [1.807, 2.05) is 0 Å². The molecule has 0 heterocycles. The van der Waals surface area contributed by atoms with E-state index in [4.69, 9.17) is 11.6 Å². The predicted molar refractivity (Wildman–Crippen MR) is 43.1 cm³/mol. The Hall–Kier alpha value is -0.480. The second-order valence-corrected chi connectivity index (χ2v) is 3.17. The minimum atomic E-state index is -0.667. The summed E-state index contributed by atoms with van der Waals surface area (Å²) in [6.07, 6.45) is 0. The Kier molecular flexibility index (Phi) is 2.57. The number of hydrogen-bond donors (Lipinski definition) is 1. The zero-order valence-corrected chi connectivity index (χ0v) is 7.54. The summed E-state index contributed by atoms with van der Waals surface area (Å²) in [7, 11) is 0. The molecule has 0 amide bonds. The van der Waals surface area contributed by atoms with Gasteiger partial charge in [-0.05, 0) is 12.1 Å². The maximum absolute atomic E-state index is 12.7. The quantitative estimate of drug-likeness (QED) is 0.795. The smallest absolute Gasteiger partial charge is 0.199 e. The first-order valence-corrected chi connectivity index (χ1v) is 3.85. The van der Waals surface area contributed by atoms with Gasteiger partial charge in [-0.1, -0.05) is 27.5 Å². The molecule has 5 heteroatoms. The predicted octanol–water partition coefficient (Wildman–Crippen LogP) is 1.72. The summed E-state index contributed by atoms with van der Waals surface area (Å²) in [5.74, 6) is -0.667. The fourth-order valence-corrected chi connectivity index (χ4v) is 1.45. The van der Waals surface area contributed by atoms with Crippen molar-refractivity contribution < 1.29 is 9.57 Å². The lowest BCUT2D eigenvalue weighted by atomic mass is 10.3. The molecule has 1 aromatic carbocycles. The van der Waals surface area contributed by atoms with Crippen LogP contribution in [0.4, 0.5) is 10.1 Å². The van der Waals surface area contributed by atoms with Gasteiger partial charge >= 0.3 is 5.69 Å². The highest BCUT2D eigenvalue weighted by atomic mass is 79.9. The van der Waals surface area contributed by atoms with Gasteiger partial charge < -0.3 is 0 Å². The van der Waals surface area contributed by atoms with Crippen molar-refractivity contribution in [2.45, 2.75) is 0 Å². The van der Waals surface area contributed by atoms with Crippen molar-refractivity contribution in [1.82, 2.24) is 0 Å². The van der Waals surface area contributed by atoms with Crippen LogP contribution in [0.5, 0.6) is 0 Å². The van der Waals surface area contributed by atoms with Crippen molar-refractivity contribution >= 4 is 33.2 Å². The van der Waals surface area contributed by atoms with Crippen LogP contribution in [0.15, 0.2) is 16.6 Å². The summed E-state index contributed by atoms with van der Waals surface area (Å²) in [6.45, 7) is 0. The lowest BCUT2D eigenvalue weighted by Crippen LogP contribution is -2.56. The van der Waals surface area contributed by atoms with Crippen LogP contribution in [0.25, 0.3) is 0 Å². The molecule has 0 saturated heterocycles. The van der Waals surface area contributed by atoms with Crippen LogP contribution in [0.2, 0.25) is 5.02 Å². The van der Waals surface area contributed by atoms with Gasteiger partial charge in [0.25, 0.3) is 0 Å². The molecule has 1 aromatic rings. The van der Waals surface area contributed by atoms with Gasteiger partial charge in [-0.15, -0.1) is 0 Å². The molecule has 1 rings (SSSR count). The summed E-state index contributed by atoms with van der Waals surface area (Å²) in [6, 6.07) is 2.59. The summed E-state index contributed by atoms with van der Waals surface area (Å²) in [5.41, 5.74) is -0.227. The Bertz CT molecular complexity index is 282. The van der Waals surface area contributed by atoms with Gasteiger partial charge in [0.2, 0.25) is 5.82 Å². The zero-order valence-electron chi connectivity index (χ0n) is 5.20. The lowest BCUT2D eigenvalue weighted by molar-refractivity contribution is -0.382. The number of halogens is 3. The van der Waals surface area contributed by atoms with Crippen molar-refractivity contribution in [1.29, 1.82) is 0 Å². The van der Waals surface area contributed by atoms with Crippen LogP contribution in [-0.4, -0.2) is 0 Å². The summed E-state index contributed by atoms with van der Waals surface area (Å²) >= 11 is 8.52. The van der Waals surface area contributed by atoms with E-state index in [2.05, 4.69) is 15.9 Å². The van der Waals surface area contributed by atoms with Crippen LogP contribution in [-0.2, 0) is 0 Å². The first kappa shape index (κ1) is 8.62. The van der Waals surface area contributed by atoms with Gasteiger partial charge in [0.15, 0.2) is 0 Å². The van der Waals surface area contributed by atoms with E-state index in [1.165, 1.54) is 11.2 Å². The van der Waals surface area contributed by atoms with Crippen LogP contribution in [0, 0.1) is 10.7 Å². The molecule has 0 aromatic heterocycles. The highest BCUT2D eigenvalue weighted by molar-refractivity contribution is 9.10. The maximum atomic E-state index is 12.7. The lowest BCUT2D eigenvalue weighted by Gasteiger charge is -1.92. The van der Waals surface area contributed by atoms with E-state index in [1.54, 1.807) is 0 Å². The Morgan fingerprint density at radius 1 is 1.55 bits per heavy atom. The molecule has 2 nitrogen and oxygen atoms in total. The highest BCUT2D eigenvalue weighted by Gasteiger charge is 2.14. The molecule has 0 aliphatic heterocycles. The molecular formula is C6H3BrClFNO+. The van der Waals surface area contributed by atoms with E-state index in [9.17, 15) is 9.30 Å². The van der Waals surface area contributed by atoms with Gasteiger partial charge in [-0.2, -0.15) is 4.39 Å². The molecule has 0 atom stereocenters. The number of rotatable bonds is 1. The number of nitroso groups, excluding NO2 is 1. The highest BCUT2D eigenvalue weighted by Crippen LogP contribution is 2.25.